The van der Waals surface area contributed by atoms with Crippen LogP contribution in [0.3, 0.4) is 0 Å². The van der Waals surface area contributed by atoms with Crippen molar-refractivity contribution >= 4 is 43.6 Å². The van der Waals surface area contributed by atoms with Gasteiger partial charge >= 0.3 is 0 Å². The summed E-state index contributed by atoms with van der Waals surface area (Å²) in [7, 11) is 0. The second-order valence-electron chi connectivity index (χ2n) is 9.15. The number of fused-ring (bicyclic) bond motifs is 6. The van der Waals surface area contributed by atoms with Gasteiger partial charge in [-0.3, -0.25) is 4.98 Å². The Morgan fingerprint density at radius 3 is 1.41 bits per heavy atom. The van der Waals surface area contributed by atoms with Gasteiger partial charge in [-0.2, -0.15) is 0 Å². The first kappa shape index (κ1) is 19.1. The van der Waals surface area contributed by atoms with Gasteiger partial charge in [0.1, 0.15) is 0 Å². The highest BCUT2D eigenvalue weighted by atomic mass is 15.0. The molecule has 0 aliphatic rings. The van der Waals surface area contributed by atoms with E-state index in [1.54, 1.807) is 0 Å². The fraction of sp³-hybridized carbons (Fsp3) is 0.0645. The fourth-order valence-corrected chi connectivity index (χ4v) is 5.39. The largest absolute Gasteiger partial charge is 0.308 e. The van der Waals surface area contributed by atoms with E-state index >= 15 is 0 Å². The summed E-state index contributed by atoms with van der Waals surface area (Å²) < 4.78 is 4.66. The average molecular weight is 438 g/mol. The van der Waals surface area contributed by atoms with E-state index < -0.39 is 0 Å². The molecule has 7 aromatic rings. The molecule has 0 spiro atoms. The molecular weight excluding hydrogens is 414 g/mol. The number of aromatic nitrogens is 3. The third kappa shape index (κ3) is 2.67. The molecule has 0 fully saturated rings. The summed E-state index contributed by atoms with van der Waals surface area (Å²) in [4.78, 5) is 4.72. The van der Waals surface area contributed by atoms with Crippen molar-refractivity contribution < 1.29 is 0 Å². The van der Waals surface area contributed by atoms with E-state index in [-0.39, 0.29) is 0 Å². The molecule has 3 aromatic heterocycles. The van der Waals surface area contributed by atoms with Gasteiger partial charge in [0.2, 0.25) is 0 Å². The van der Waals surface area contributed by atoms with Gasteiger partial charge < -0.3 is 9.13 Å². The van der Waals surface area contributed by atoms with Gasteiger partial charge in [0.05, 0.1) is 45.8 Å². The van der Waals surface area contributed by atoms with Gasteiger partial charge in [-0.1, -0.05) is 59.7 Å². The van der Waals surface area contributed by atoms with E-state index in [1.165, 1.54) is 54.7 Å². The van der Waals surface area contributed by atoms with Gasteiger partial charge in [0.25, 0.3) is 0 Å². The fourth-order valence-electron chi connectivity index (χ4n) is 5.39. The molecule has 0 N–H and O–H groups in total. The summed E-state index contributed by atoms with van der Waals surface area (Å²) in [6.45, 7) is 4.30. The highest BCUT2D eigenvalue weighted by Crippen LogP contribution is 2.35. The summed E-state index contributed by atoms with van der Waals surface area (Å²) in [5, 5.41) is 5.07. The zero-order valence-corrected chi connectivity index (χ0v) is 19.2. The summed E-state index contributed by atoms with van der Waals surface area (Å²) in [6.07, 6.45) is 3.93. The lowest BCUT2D eigenvalue weighted by molar-refractivity contribution is 1.09. The maximum absolute atomic E-state index is 4.72. The Hall–Kier alpha value is -4.37. The molecule has 0 atom stereocenters. The van der Waals surface area contributed by atoms with E-state index in [9.17, 15) is 0 Å². The summed E-state index contributed by atoms with van der Waals surface area (Å²) >= 11 is 0. The highest BCUT2D eigenvalue weighted by molar-refractivity contribution is 6.10. The molecule has 7 rings (SSSR count). The van der Waals surface area contributed by atoms with Crippen LogP contribution in [0.4, 0.5) is 0 Å². The van der Waals surface area contributed by atoms with Crippen LogP contribution in [-0.2, 0) is 0 Å². The van der Waals surface area contributed by atoms with Crippen LogP contribution in [0.15, 0.2) is 103 Å². The monoisotopic (exact) mass is 437 g/mol. The average Bonchev–Trinajstić information content (AvgIpc) is 3.36. The summed E-state index contributed by atoms with van der Waals surface area (Å²) in [5.41, 5.74) is 9.44. The van der Waals surface area contributed by atoms with Crippen molar-refractivity contribution in [1.29, 1.82) is 0 Å². The molecule has 0 saturated carbocycles. The SMILES string of the molecule is Cc1ccc2c(c1)c1ccccc1n2-c1cncc(-n2c3ccccc3c3cc(C)ccc32)c1. The topological polar surface area (TPSA) is 22.8 Å². The lowest BCUT2D eigenvalue weighted by atomic mass is 10.1. The first-order chi connectivity index (χ1) is 16.7. The predicted molar refractivity (Wildman–Crippen MR) is 142 cm³/mol. The summed E-state index contributed by atoms with van der Waals surface area (Å²) in [5.74, 6) is 0. The Morgan fingerprint density at radius 2 is 0.912 bits per heavy atom. The third-order valence-electron chi connectivity index (χ3n) is 6.88. The molecule has 0 radical (unpaired) electrons. The van der Waals surface area contributed by atoms with Gasteiger partial charge in [-0.05, 0) is 56.3 Å². The van der Waals surface area contributed by atoms with Crippen LogP contribution in [-0.4, -0.2) is 14.1 Å². The van der Waals surface area contributed by atoms with Crippen molar-refractivity contribution in [3.8, 4) is 11.4 Å². The quantitative estimate of drug-likeness (QED) is 0.270. The molecule has 162 valence electrons. The standard InChI is InChI=1S/C31H23N3/c1-20-11-13-30-26(15-20)24-7-3-5-9-28(24)33(30)22-17-23(19-32-18-22)34-29-10-6-4-8-25(29)27-16-21(2)12-14-31(27)34/h3-19H,1-2H3. The first-order valence-electron chi connectivity index (χ1n) is 11.6. The number of hydrogen-bond donors (Lipinski definition) is 0. The van der Waals surface area contributed by atoms with Crippen LogP contribution in [0.5, 0.6) is 0 Å². The van der Waals surface area contributed by atoms with Crippen LogP contribution in [0, 0.1) is 13.8 Å². The molecular formula is C31H23N3. The second kappa shape index (κ2) is 7.06. The molecule has 0 saturated heterocycles. The Labute approximate surface area is 197 Å². The summed E-state index contributed by atoms with van der Waals surface area (Å²) in [6, 6.07) is 32.9. The molecule has 0 aliphatic carbocycles. The second-order valence-corrected chi connectivity index (χ2v) is 9.15. The van der Waals surface area contributed by atoms with Crippen LogP contribution < -0.4 is 0 Å². The van der Waals surface area contributed by atoms with Crippen molar-refractivity contribution in [2.45, 2.75) is 13.8 Å². The van der Waals surface area contributed by atoms with E-state index in [4.69, 9.17) is 4.98 Å². The first-order valence-corrected chi connectivity index (χ1v) is 11.6. The van der Waals surface area contributed by atoms with E-state index in [2.05, 4.69) is 114 Å². The Morgan fingerprint density at radius 1 is 0.471 bits per heavy atom. The maximum Gasteiger partial charge on any atom is 0.0666 e. The smallest absolute Gasteiger partial charge is 0.0666 e. The van der Waals surface area contributed by atoms with E-state index in [1.807, 2.05) is 12.4 Å². The molecule has 4 aromatic carbocycles. The molecule has 0 amide bonds. The number of aryl methyl sites for hydroxylation is 2. The number of hydrogen-bond acceptors (Lipinski definition) is 1. The van der Waals surface area contributed by atoms with Gasteiger partial charge in [-0.15, -0.1) is 0 Å². The molecule has 0 bridgehead atoms. The van der Waals surface area contributed by atoms with Crippen LogP contribution >= 0.6 is 0 Å². The molecule has 0 aliphatic heterocycles. The van der Waals surface area contributed by atoms with Crippen molar-refractivity contribution in [1.82, 2.24) is 14.1 Å². The number of pyridine rings is 1. The number of para-hydroxylation sites is 2. The van der Waals surface area contributed by atoms with Crippen molar-refractivity contribution in [3.05, 3.63) is 115 Å². The molecule has 0 unspecified atom stereocenters. The molecule has 3 nitrogen and oxygen atoms in total. The minimum atomic E-state index is 1.06. The Bertz CT molecular complexity index is 1750. The normalized spacial score (nSPS) is 11.8. The molecule has 3 heteroatoms. The van der Waals surface area contributed by atoms with Crippen molar-refractivity contribution in [2.75, 3.05) is 0 Å². The van der Waals surface area contributed by atoms with Gasteiger partial charge in [0.15, 0.2) is 0 Å². The Kier molecular flexibility index (Phi) is 3.97. The number of nitrogens with zero attached hydrogens (tertiary/aromatic N) is 3. The van der Waals surface area contributed by atoms with Gasteiger partial charge in [0, 0.05) is 21.5 Å². The van der Waals surface area contributed by atoms with Crippen molar-refractivity contribution in [2.24, 2.45) is 0 Å². The van der Waals surface area contributed by atoms with Crippen LogP contribution in [0.25, 0.3) is 55.0 Å². The lowest BCUT2D eigenvalue weighted by Crippen LogP contribution is -2.00. The highest BCUT2D eigenvalue weighted by Gasteiger charge is 2.15. The van der Waals surface area contributed by atoms with Crippen molar-refractivity contribution in [3.63, 3.8) is 0 Å². The molecule has 34 heavy (non-hydrogen) atoms. The van der Waals surface area contributed by atoms with E-state index in [0.29, 0.717) is 0 Å². The Balaban J connectivity index is 1.54. The van der Waals surface area contributed by atoms with Crippen LogP contribution in [0.1, 0.15) is 11.1 Å². The minimum absolute atomic E-state index is 1.06. The van der Waals surface area contributed by atoms with Crippen LogP contribution in [0.2, 0.25) is 0 Å². The number of rotatable bonds is 2. The minimum Gasteiger partial charge on any atom is -0.308 e. The molecule has 3 heterocycles. The zero-order valence-electron chi connectivity index (χ0n) is 19.2. The predicted octanol–water partition coefficient (Wildman–Crippen LogP) is 7.89. The lowest BCUT2D eigenvalue weighted by Gasteiger charge is -2.12. The van der Waals surface area contributed by atoms with E-state index in [0.717, 1.165) is 11.4 Å². The number of benzene rings is 4. The maximum atomic E-state index is 4.72. The zero-order chi connectivity index (χ0) is 22.8. The third-order valence-corrected chi connectivity index (χ3v) is 6.88. The van der Waals surface area contributed by atoms with Gasteiger partial charge in [-0.25, -0.2) is 0 Å².